The van der Waals surface area contributed by atoms with Crippen molar-refractivity contribution < 1.29 is 15.0 Å². The van der Waals surface area contributed by atoms with E-state index in [9.17, 15) is 15.0 Å². The first-order valence-electron chi connectivity index (χ1n) is 24.1. The lowest BCUT2D eigenvalue weighted by Crippen LogP contribution is -2.45. The highest BCUT2D eigenvalue weighted by Crippen LogP contribution is 2.17. The second-order valence-electron chi connectivity index (χ2n) is 16.5. The van der Waals surface area contributed by atoms with Crippen molar-refractivity contribution in [2.45, 2.75) is 276 Å². The van der Waals surface area contributed by atoms with Gasteiger partial charge in [-0.25, -0.2) is 0 Å². The molecule has 0 heterocycles. The number of rotatable bonds is 44. The molecule has 0 aliphatic heterocycles. The summed E-state index contributed by atoms with van der Waals surface area (Å²) >= 11 is 0. The van der Waals surface area contributed by atoms with Crippen LogP contribution in [0.4, 0.5) is 0 Å². The van der Waals surface area contributed by atoms with Gasteiger partial charge in [0, 0.05) is 6.42 Å². The number of hydrogen-bond donors (Lipinski definition) is 3. The average molecular weight is 746 g/mol. The molecule has 0 aliphatic carbocycles. The predicted molar refractivity (Wildman–Crippen MR) is 235 cm³/mol. The van der Waals surface area contributed by atoms with Gasteiger partial charge in [-0.2, -0.15) is 0 Å². The maximum atomic E-state index is 12.4. The highest BCUT2D eigenvalue weighted by atomic mass is 16.3. The van der Waals surface area contributed by atoms with E-state index in [-0.39, 0.29) is 12.5 Å². The molecule has 53 heavy (non-hydrogen) atoms. The Bertz CT molecular complexity index is 765. The van der Waals surface area contributed by atoms with E-state index in [0.29, 0.717) is 6.42 Å². The SMILES string of the molecule is CCCCCCCCCC/C=C/CC/C=C/C(O)C(CO)NC(=O)CCCCCCCCCCCCCCCCCCCCCCCCCCCCC. The quantitative estimate of drug-likeness (QED) is 0.0430. The molecule has 0 rings (SSSR count). The van der Waals surface area contributed by atoms with Gasteiger partial charge < -0.3 is 15.5 Å². The number of hydrogen-bond acceptors (Lipinski definition) is 3. The monoisotopic (exact) mass is 746 g/mol. The van der Waals surface area contributed by atoms with Crippen LogP contribution in [-0.4, -0.2) is 34.9 Å². The van der Waals surface area contributed by atoms with Gasteiger partial charge in [0.15, 0.2) is 0 Å². The molecule has 0 fully saturated rings. The third-order valence-corrected chi connectivity index (χ3v) is 11.2. The van der Waals surface area contributed by atoms with Crippen molar-refractivity contribution >= 4 is 5.91 Å². The van der Waals surface area contributed by atoms with Gasteiger partial charge in [0.05, 0.1) is 18.8 Å². The molecule has 4 heteroatoms. The zero-order valence-corrected chi connectivity index (χ0v) is 36.1. The van der Waals surface area contributed by atoms with Crippen LogP contribution in [0, 0.1) is 0 Å². The van der Waals surface area contributed by atoms with Gasteiger partial charge in [0.25, 0.3) is 0 Å². The van der Waals surface area contributed by atoms with Crippen molar-refractivity contribution in [3.05, 3.63) is 24.3 Å². The molecule has 0 spiro atoms. The summed E-state index contributed by atoms with van der Waals surface area (Å²) in [5.74, 6) is -0.0695. The van der Waals surface area contributed by atoms with Crippen molar-refractivity contribution in [3.63, 3.8) is 0 Å². The van der Waals surface area contributed by atoms with E-state index in [1.807, 2.05) is 6.08 Å². The second kappa shape index (κ2) is 45.3. The molecule has 0 aromatic heterocycles. The predicted octanol–water partition coefficient (Wildman–Crippen LogP) is 15.2. The number of carbonyl (C=O) groups is 1. The Hall–Kier alpha value is -1.13. The molecular weight excluding hydrogens is 651 g/mol. The molecule has 0 saturated heterocycles. The molecule has 0 saturated carbocycles. The van der Waals surface area contributed by atoms with Crippen molar-refractivity contribution in [2.75, 3.05) is 6.61 Å². The summed E-state index contributed by atoms with van der Waals surface area (Å²) < 4.78 is 0. The maximum Gasteiger partial charge on any atom is 0.220 e. The Labute approximate surface area is 332 Å². The van der Waals surface area contributed by atoms with Gasteiger partial charge in [-0.3, -0.25) is 4.79 Å². The summed E-state index contributed by atoms with van der Waals surface area (Å²) in [6, 6.07) is -0.634. The fraction of sp³-hybridized carbons (Fsp3) is 0.898. The normalized spacial score (nSPS) is 13.1. The minimum absolute atomic E-state index is 0.0695. The standard InChI is InChI=1S/C49H95NO3/c1-3-5-7-9-11-13-15-17-19-20-21-22-23-24-25-26-27-28-29-30-31-33-35-37-39-41-43-45-49(53)50-47(46-51)48(52)44-42-40-38-36-34-32-18-16-14-12-10-8-6-4-2/h34,36,42,44,47-48,51-52H,3-33,35,37-41,43,45-46H2,1-2H3,(H,50,53)/b36-34+,44-42+. The van der Waals surface area contributed by atoms with Crippen LogP contribution in [0.5, 0.6) is 0 Å². The number of aliphatic hydroxyl groups is 2. The average Bonchev–Trinajstić information content (AvgIpc) is 3.16. The number of allylic oxidation sites excluding steroid dienone is 3. The molecular formula is C49H95NO3. The largest absolute Gasteiger partial charge is 0.394 e. The molecule has 0 radical (unpaired) electrons. The number of nitrogens with one attached hydrogen (secondary N) is 1. The summed E-state index contributed by atoms with van der Waals surface area (Å²) in [5.41, 5.74) is 0. The zero-order valence-electron chi connectivity index (χ0n) is 36.1. The number of aliphatic hydroxyl groups excluding tert-OH is 2. The third kappa shape index (κ3) is 41.9. The van der Waals surface area contributed by atoms with Crippen LogP contribution in [0.3, 0.4) is 0 Å². The van der Waals surface area contributed by atoms with Crippen LogP contribution in [-0.2, 0) is 4.79 Å². The molecule has 2 atom stereocenters. The van der Waals surface area contributed by atoms with Gasteiger partial charge >= 0.3 is 0 Å². The summed E-state index contributed by atoms with van der Waals surface area (Å²) in [7, 11) is 0. The Balaban J connectivity index is 3.47. The van der Waals surface area contributed by atoms with Gasteiger partial charge in [-0.05, 0) is 32.1 Å². The van der Waals surface area contributed by atoms with Gasteiger partial charge in [0.2, 0.25) is 5.91 Å². The molecule has 0 aromatic rings. The Morgan fingerprint density at radius 1 is 0.434 bits per heavy atom. The number of unbranched alkanes of at least 4 members (excludes halogenated alkanes) is 35. The van der Waals surface area contributed by atoms with Crippen molar-refractivity contribution in [2.24, 2.45) is 0 Å². The minimum atomic E-state index is -0.857. The highest BCUT2D eigenvalue weighted by Gasteiger charge is 2.17. The molecule has 0 aromatic carbocycles. The van der Waals surface area contributed by atoms with E-state index in [1.54, 1.807) is 6.08 Å². The lowest BCUT2D eigenvalue weighted by molar-refractivity contribution is -0.123. The Morgan fingerprint density at radius 3 is 1.09 bits per heavy atom. The molecule has 3 N–H and O–H groups in total. The smallest absolute Gasteiger partial charge is 0.220 e. The summed E-state index contributed by atoms with van der Waals surface area (Å²) in [6.07, 6.45) is 58.8. The minimum Gasteiger partial charge on any atom is -0.394 e. The number of amides is 1. The van der Waals surface area contributed by atoms with Gasteiger partial charge in [0.1, 0.15) is 0 Å². The number of carbonyl (C=O) groups excluding carboxylic acids is 1. The highest BCUT2D eigenvalue weighted by molar-refractivity contribution is 5.76. The van der Waals surface area contributed by atoms with Gasteiger partial charge in [-0.1, -0.05) is 250 Å². The van der Waals surface area contributed by atoms with Crippen molar-refractivity contribution in [1.29, 1.82) is 0 Å². The molecule has 0 bridgehead atoms. The zero-order chi connectivity index (χ0) is 38.6. The first-order valence-corrected chi connectivity index (χ1v) is 24.1. The van der Waals surface area contributed by atoms with Crippen LogP contribution in [0.2, 0.25) is 0 Å². The van der Waals surface area contributed by atoms with E-state index in [1.165, 1.54) is 212 Å². The van der Waals surface area contributed by atoms with Gasteiger partial charge in [-0.15, -0.1) is 0 Å². The third-order valence-electron chi connectivity index (χ3n) is 11.2. The summed E-state index contributed by atoms with van der Waals surface area (Å²) in [5, 5.41) is 23.0. The van der Waals surface area contributed by atoms with Crippen LogP contribution < -0.4 is 5.32 Å². The lowest BCUT2D eigenvalue weighted by Gasteiger charge is -2.19. The van der Waals surface area contributed by atoms with Crippen molar-refractivity contribution in [1.82, 2.24) is 5.32 Å². The fourth-order valence-corrected chi connectivity index (χ4v) is 7.49. The van der Waals surface area contributed by atoms with E-state index in [0.717, 1.165) is 32.1 Å². The molecule has 2 unspecified atom stereocenters. The van der Waals surface area contributed by atoms with E-state index >= 15 is 0 Å². The topological polar surface area (TPSA) is 69.6 Å². The second-order valence-corrected chi connectivity index (χ2v) is 16.5. The first-order chi connectivity index (χ1) is 26.2. The van der Waals surface area contributed by atoms with E-state index in [2.05, 4.69) is 31.3 Å². The lowest BCUT2D eigenvalue weighted by atomic mass is 10.0. The Kier molecular flexibility index (Phi) is 44.3. The first kappa shape index (κ1) is 51.9. The molecule has 314 valence electrons. The van der Waals surface area contributed by atoms with Crippen LogP contribution in [0.15, 0.2) is 24.3 Å². The van der Waals surface area contributed by atoms with Crippen LogP contribution in [0.1, 0.15) is 264 Å². The van der Waals surface area contributed by atoms with E-state index in [4.69, 9.17) is 0 Å². The maximum absolute atomic E-state index is 12.4. The summed E-state index contributed by atoms with van der Waals surface area (Å²) in [4.78, 5) is 12.4. The van der Waals surface area contributed by atoms with Crippen LogP contribution in [0.25, 0.3) is 0 Å². The molecule has 1 amide bonds. The fourth-order valence-electron chi connectivity index (χ4n) is 7.49. The summed E-state index contributed by atoms with van der Waals surface area (Å²) in [6.45, 7) is 4.31. The van der Waals surface area contributed by atoms with E-state index < -0.39 is 12.1 Å². The molecule has 0 aliphatic rings. The van der Waals surface area contributed by atoms with Crippen LogP contribution >= 0.6 is 0 Å². The molecule has 4 nitrogen and oxygen atoms in total. The van der Waals surface area contributed by atoms with Crippen molar-refractivity contribution in [3.8, 4) is 0 Å². The Morgan fingerprint density at radius 2 is 0.736 bits per heavy atom.